The van der Waals surface area contributed by atoms with E-state index in [2.05, 4.69) is 28.5 Å². The molecular weight excluding hydrogens is 172 g/mol. The van der Waals surface area contributed by atoms with E-state index in [1.54, 1.807) is 0 Å². The lowest BCUT2D eigenvalue weighted by Gasteiger charge is -2.14. The zero-order valence-electron chi connectivity index (χ0n) is 8.37. The van der Waals surface area contributed by atoms with E-state index in [4.69, 9.17) is 0 Å². The van der Waals surface area contributed by atoms with Crippen molar-refractivity contribution >= 4 is 6.21 Å². The fourth-order valence-electron chi connectivity index (χ4n) is 1.72. The van der Waals surface area contributed by atoms with E-state index < -0.39 is 0 Å². The normalized spacial score (nSPS) is 30.6. The SMILES string of the molecule is C1=C(C2=C/CC\C=C/C=N\2)CCNC1. The highest BCUT2D eigenvalue weighted by Gasteiger charge is 2.06. The van der Waals surface area contributed by atoms with Crippen molar-refractivity contribution in [1.82, 2.24) is 5.32 Å². The van der Waals surface area contributed by atoms with Crippen LogP contribution in [0.15, 0.2) is 40.6 Å². The van der Waals surface area contributed by atoms with Gasteiger partial charge in [0.2, 0.25) is 0 Å². The molecule has 0 amide bonds. The van der Waals surface area contributed by atoms with Crippen molar-refractivity contribution in [3.8, 4) is 0 Å². The van der Waals surface area contributed by atoms with Crippen LogP contribution in [-0.2, 0) is 0 Å². The molecule has 2 aliphatic rings. The highest BCUT2D eigenvalue weighted by atomic mass is 14.9. The van der Waals surface area contributed by atoms with Gasteiger partial charge in [-0.2, -0.15) is 0 Å². The minimum absolute atomic E-state index is 0.984. The van der Waals surface area contributed by atoms with Crippen LogP contribution in [-0.4, -0.2) is 19.3 Å². The molecule has 0 radical (unpaired) electrons. The zero-order chi connectivity index (χ0) is 9.64. The maximum atomic E-state index is 4.46. The van der Waals surface area contributed by atoms with Crippen LogP contribution in [0.2, 0.25) is 0 Å². The minimum atomic E-state index is 0.984. The molecule has 2 heteroatoms. The van der Waals surface area contributed by atoms with E-state index in [1.165, 1.54) is 11.3 Å². The maximum Gasteiger partial charge on any atom is 0.0619 e. The molecule has 0 unspecified atom stereocenters. The average molecular weight is 188 g/mol. The number of nitrogens with one attached hydrogen (secondary N) is 1. The second kappa shape index (κ2) is 4.91. The fraction of sp³-hybridized carbons (Fsp3) is 0.417. The van der Waals surface area contributed by atoms with Gasteiger partial charge in [-0.05, 0) is 37.5 Å². The molecule has 0 spiro atoms. The lowest BCUT2D eigenvalue weighted by molar-refractivity contribution is 0.705. The predicted molar refractivity (Wildman–Crippen MR) is 60.5 cm³/mol. The Morgan fingerprint density at radius 1 is 1.21 bits per heavy atom. The molecule has 0 fully saturated rings. The van der Waals surface area contributed by atoms with Crippen molar-refractivity contribution < 1.29 is 0 Å². The molecule has 0 aromatic rings. The number of allylic oxidation sites excluding steroid dienone is 4. The first kappa shape index (κ1) is 9.41. The average Bonchev–Trinajstić information content (AvgIpc) is 2.18. The van der Waals surface area contributed by atoms with Crippen LogP contribution in [0.4, 0.5) is 0 Å². The van der Waals surface area contributed by atoms with Crippen molar-refractivity contribution in [1.29, 1.82) is 0 Å². The summed E-state index contributed by atoms with van der Waals surface area (Å²) in [6.07, 6.45) is 13.9. The molecule has 2 nitrogen and oxygen atoms in total. The smallest absolute Gasteiger partial charge is 0.0619 e. The highest BCUT2D eigenvalue weighted by Crippen LogP contribution is 2.18. The fourth-order valence-corrected chi connectivity index (χ4v) is 1.72. The molecule has 1 N–H and O–H groups in total. The Bertz CT molecular complexity index is 308. The van der Waals surface area contributed by atoms with Gasteiger partial charge >= 0.3 is 0 Å². The van der Waals surface area contributed by atoms with Gasteiger partial charge in [0, 0.05) is 12.8 Å². The summed E-state index contributed by atoms with van der Waals surface area (Å²) in [4.78, 5) is 4.46. The van der Waals surface area contributed by atoms with E-state index in [0.29, 0.717) is 0 Å². The highest BCUT2D eigenvalue weighted by molar-refractivity contribution is 5.73. The molecule has 0 saturated heterocycles. The van der Waals surface area contributed by atoms with Crippen LogP contribution in [0, 0.1) is 0 Å². The Morgan fingerprint density at radius 3 is 3.07 bits per heavy atom. The van der Waals surface area contributed by atoms with Gasteiger partial charge < -0.3 is 5.32 Å². The second-order valence-corrected chi connectivity index (χ2v) is 3.56. The van der Waals surface area contributed by atoms with Gasteiger partial charge in [0.25, 0.3) is 0 Å². The molecule has 0 aliphatic carbocycles. The van der Waals surface area contributed by atoms with Gasteiger partial charge in [0.15, 0.2) is 0 Å². The van der Waals surface area contributed by atoms with Crippen LogP contribution < -0.4 is 5.32 Å². The molecule has 0 saturated carbocycles. The Kier molecular flexibility index (Phi) is 3.30. The van der Waals surface area contributed by atoms with Crippen molar-refractivity contribution in [2.45, 2.75) is 19.3 Å². The Labute approximate surface area is 85.1 Å². The van der Waals surface area contributed by atoms with E-state index in [0.717, 1.165) is 32.4 Å². The first-order chi connectivity index (χ1) is 6.97. The molecule has 14 heavy (non-hydrogen) atoms. The summed E-state index contributed by atoms with van der Waals surface area (Å²) >= 11 is 0. The lowest BCUT2D eigenvalue weighted by atomic mass is 10.0. The lowest BCUT2D eigenvalue weighted by Crippen LogP contribution is -2.20. The predicted octanol–water partition coefficient (Wildman–Crippen LogP) is 2.21. The van der Waals surface area contributed by atoms with Crippen LogP contribution in [0.5, 0.6) is 0 Å². The van der Waals surface area contributed by atoms with Crippen LogP contribution in [0.25, 0.3) is 0 Å². The van der Waals surface area contributed by atoms with Crippen molar-refractivity contribution in [3.63, 3.8) is 0 Å². The maximum absolute atomic E-state index is 4.46. The molecule has 2 aliphatic heterocycles. The summed E-state index contributed by atoms with van der Waals surface area (Å²) in [5.74, 6) is 0. The molecule has 2 rings (SSSR count). The summed E-state index contributed by atoms with van der Waals surface area (Å²) in [7, 11) is 0. The summed E-state index contributed by atoms with van der Waals surface area (Å²) in [6, 6.07) is 0. The summed E-state index contributed by atoms with van der Waals surface area (Å²) in [5, 5.41) is 3.31. The Balaban J connectivity index is 2.14. The third kappa shape index (κ3) is 2.42. The molecule has 0 atom stereocenters. The quantitative estimate of drug-likeness (QED) is 0.670. The number of aliphatic imine (C=N–C) groups is 1. The molecule has 0 aromatic carbocycles. The van der Waals surface area contributed by atoms with Gasteiger partial charge in [-0.1, -0.05) is 18.2 Å². The topological polar surface area (TPSA) is 24.4 Å². The van der Waals surface area contributed by atoms with E-state index in [1.807, 2.05) is 12.3 Å². The summed E-state index contributed by atoms with van der Waals surface area (Å²) in [5.41, 5.74) is 2.58. The molecular formula is C12H16N2. The number of hydrogen-bond acceptors (Lipinski definition) is 2. The van der Waals surface area contributed by atoms with Gasteiger partial charge in [0.05, 0.1) is 5.70 Å². The van der Waals surface area contributed by atoms with Crippen molar-refractivity contribution in [3.05, 3.63) is 35.6 Å². The molecule has 0 bridgehead atoms. The third-order valence-electron chi connectivity index (χ3n) is 2.50. The van der Waals surface area contributed by atoms with Gasteiger partial charge in [-0.3, -0.25) is 4.99 Å². The van der Waals surface area contributed by atoms with Crippen molar-refractivity contribution in [2.75, 3.05) is 13.1 Å². The first-order valence-corrected chi connectivity index (χ1v) is 5.26. The van der Waals surface area contributed by atoms with E-state index in [-0.39, 0.29) is 0 Å². The first-order valence-electron chi connectivity index (χ1n) is 5.26. The van der Waals surface area contributed by atoms with Gasteiger partial charge in [-0.15, -0.1) is 0 Å². The zero-order valence-corrected chi connectivity index (χ0v) is 8.37. The second-order valence-electron chi connectivity index (χ2n) is 3.56. The summed E-state index contributed by atoms with van der Waals surface area (Å²) in [6.45, 7) is 2.06. The minimum Gasteiger partial charge on any atom is -0.313 e. The summed E-state index contributed by atoms with van der Waals surface area (Å²) < 4.78 is 0. The van der Waals surface area contributed by atoms with Crippen LogP contribution in [0.3, 0.4) is 0 Å². The third-order valence-corrected chi connectivity index (χ3v) is 2.50. The largest absolute Gasteiger partial charge is 0.313 e. The Morgan fingerprint density at radius 2 is 2.21 bits per heavy atom. The monoisotopic (exact) mass is 188 g/mol. The van der Waals surface area contributed by atoms with Crippen LogP contribution in [0.1, 0.15) is 19.3 Å². The molecule has 0 aromatic heterocycles. The molecule has 74 valence electrons. The number of nitrogens with zero attached hydrogens (tertiary/aromatic N) is 1. The van der Waals surface area contributed by atoms with Gasteiger partial charge in [-0.25, -0.2) is 0 Å². The standard InChI is InChI=1S/C12H16N2/c1-2-4-8-14-12(5-3-1)11-6-9-13-10-7-11/h2,4-6,8,13H,1,3,7,9-10H2/b4-2-,12-5-,14-8-. The Hall–Kier alpha value is -1.15. The van der Waals surface area contributed by atoms with E-state index >= 15 is 0 Å². The van der Waals surface area contributed by atoms with Gasteiger partial charge in [0.1, 0.15) is 0 Å². The number of rotatable bonds is 1. The van der Waals surface area contributed by atoms with Crippen molar-refractivity contribution in [2.24, 2.45) is 4.99 Å². The van der Waals surface area contributed by atoms with Crippen LogP contribution >= 0.6 is 0 Å². The number of hydrogen-bond donors (Lipinski definition) is 1. The molecule has 2 heterocycles. The van der Waals surface area contributed by atoms with E-state index in [9.17, 15) is 0 Å².